The Balaban J connectivity index is 2.07. The Labute approximate surface area is 154 Å². The zero-order chi connectivity index (χ0) is 18.2. The van der Waals surface area contributed by atoms with Crippen LogP contribution in [0.4, 0.5) is 0 Å². The van der Waals surface area contributed by atoms with Gasteiger partial charge in [-0.3, -0.25) is 0 Å². The molecule has 0 aromatic carbocycles. The molecule has 0 N–H and O–H groups in total. The lowest BCUT2D eigenvalue weighted by molar-refractivity contribution is 0.203. The zero-order valence-corrected chi connectivity index (χ0v) is 15.9. The van der Waals surface area contributed by atoms with Crippen molar-refractivity contribution in [1.82, 2.24) is 0 Å². The number of allylic oxidation sites excluding steroid dienone is 12. The van der Waals surface area contributed by atoms with Crippen LogP contribution in [0.3, 0.4) is 0 Å². The lowest BCUT2D eigenvalue weighted by Gasteiger charge is -2.02. The lowest BCUT2D eigenvalue weighted by Crippen LogP contribution is -1.97. The van der Waals surface area contributed by atoms with Crippen LogP contribution in [0.25, 0.3) is 0 Å². The largest absolute Gasteiger partial charge is 0.491 e. The van der Waals surface area contributed by atoms with Gasteiger partial charge < -0.3 is 4.74 Å². The van der Waals surface area contributed by atoms with Gasteiger partial charge in [-0.2, -0.15) is 0 Å². The Morgan fingerprint density at radius 2 is 1.72 bits per heavy atom. The summed E-state index contributed by atoms with van der Waals surface area (Å²) in [6, 6.07) is 0. The smallest absolute Gasteiger partial charge is 0.117 e. The summed E-state index contributed by atoms with van der Waals surface area (Å²) in [6.45, 7) is 8.26. The number of hydrogen-bond donors (Lipinski definition) is 0. The second-order valence-electron chi connectivity index (χ2n) is 6.40. The fourth-order valence-electron chi connectivity index (χ4n) is 2.43. The van der Waals surface area contributed by atoms with Gasteiger partial charge in [0.2, 0.25) is 0 Å². The van der Waals surface area contributed by atoms with Crippen molar-refractivity contribution in [3.63, 3.8) is 0 Å². The van der Waals surface area contributed by atoms with Crippen molar-refractivity contribution < 1.29 is 4.74 Å². The average molecular weight is 339 g/mol. The summed E-state index contributed by atoms with van der Waals surface area (Å²) in [5.74, 6) is 1.51. The monoisotopic (exact) mass is 338 g/mol. The van der Waals surface area contributed by atoms with Gasteiger partial charge in [0.15, 0.2) is 0 Å². The summed E-state index contributed by atoms with van der Waals surface area (Å²) in [6.07, 6.45) is 32.5. The molecule has 0 aromatic heterocycles. The highest BCUT2D eigenvalue weighted by Crippen LogP contribution is 2.21. The fraction of sp³-hybridized carbons (Fsp3) is 0.417. The first-order valence-corrected chi connectivity index (χ1v) is 9.53. The zero-order valence-electron chi connectivity index (χ0n) is 15.9. The maximum absolute atomic E-state index is 5.55. The van der Waals surface area contributed by atoms with Crippen molar-refractivity contribution in [2.24, 2.45) is 5.92 Å². The summed E-state index contributed by atoms with van der Waals surface area (Å²) >= 11 is 0. The number of rotatable bonds is 11. The SMILES string of the molecule is C=C1CCC(/C=C/C=C\C/C=C\C/C=C\C=C\[C@@H](C)C/C=C\CC)O1. The summed E-state index contributed by atoms with van der Waals surface area (Å²) in [4.78, 5) is 0. The third-order valence-electron chi connectivity index (χ3n) is 3.91. The summed E-state index contributed by atoms with van der Waals surface area (Å²) < 4.78 is 5.55. The molecular formula is C24H34O. The summed E-state index contributed by atoms with van der Waals surface area (Å²) in [5, 5.41) is 0. The highest BCUT2D eigenvalue weighted by molar-refractivity contribution is 5.10. The van der Waals surface area contributed by atoms with Crippen LogP contribution < -0.4 is 0 Å². The molecule has 0 bridgehead atoms. The van der Waals surface area contributed by atoms with E-state index in [-0.39, 0.29) is 6.10 Å². The molecule has 1 aliphatic heterocycles. The van der Waals surface area contributed by atoms with Crippen LogP contribution in [0.2, 0.25) is 0 Å². The first-order valence-electron chi connectivity index (χ1n) is 9.53. The Bertz CT molecular complexity index is 528. The van der Waals surface area contributed by atoms with Gasteiger partial charge in [0.25, 0.3) is 0 Å². The molecule has 1 aliphatic rings. The van der Waals surface area contributed by atoms with Crippen molar-refractivity contribution in [3.8, 4) is 0 Å². The minimum absolute atomic E-state index is 0.219. The number of ether oxygens (including phenoxy) is 1. The highest BCUT2D eigenvalue weighted by Gasteiger charge is 2.14. The van der Waals surface area contributed by atoms with Gasteiger partial charge in [-0.25, -0.2) is 0 Å². The average Bonchev–Trinajstić information content (AvgIpc) is 3.01. The van der Waals surface area contributed by atoms with Gasteiger partial charge in [0.05, 0.1) is 5.76 Å². The third-order valence-corrected chi connectivity index (χ3v) is 3.91. The normalized spacial score (nSPS) is 20.4. The van der Waals surface area contributed by atoms with Crippen LogP contribution in [-0.2, 0) is 4.74 Å². The molecule has 0 aromatic rings. The van der Waals surface area contributed by atoms with Crippen molar-refractivity contribution in [3.05, 3.63) is 85.3 Å². The van der Waals surface area contributed by atoms with Crippen LogP contribution in [0, 0.1) is 5.92 Å². The summed E-state index contributed by atoms with van der Waals surface area (Å²) in [5.41, 5.74) is 0. The van der Waals surface area contributed by atoms with E-state index in [2.05, 4.69) is 93.3 Å². The second-order valence-corrected chi connectivity index (χ2v) is 6.40. The first kappa shape index (κ1) is 21.0. The molecule has 2 atom stereocenters. The van der Waals surface area contributed by atoms with Crippen LogP contribution in [-0.4, -0.2) is 6.10 Å². The highest BCUT2D eigenvalue weighted by atomic mass is 16.5. The van der Waals surface area contributed by atoms with Crippen molar-refractivity contribution >= 4 is 0 Å². The fourth-order valence-corrected chi connectivity index (χ4v) is 2.43. The standard InChI is InChI=1S/C24H34O/c1-4-5-14-17-22(2)18-15-12-10-8-6-7-9-11-13-16-19-24-21-20-23(3)25-24/h5-7,10-16,18-19,22,24H,3-4,8-9,17,20-21H2,1-2H3/b7-6-,12-10-,13-11-,14-5-,18-15+,19-16+/t22-,24?/m0/s1. The van der Waals surface area contributed by atoms with Crippen molar-refractivity contribution in [1.29, 1.82) is 0 Å². The van der Waals surface area contributed by atoms with Gasteiger partial charge in [-0.05, 0) is 44.1 Å². The molecule has 1 nitrogen and oxygen atoms in total. The van der Waals surface area contributed by atoms with E-state index in [9.17, 15) is 0 Å². The molecule has 0 radical (unpaired) electrons. The summed E-state index contributed by atoms with van der Waals surface area (Å²) in [7, 11) is 0. The van der Waals surface area contributed by atoms with Gasteiger partial charge in [0.1, 0.15) is 6.10 Å². The molecule has 0 amide bonds. The molecule has 136 valence electrons. The van der Waals surface area contributed by atoms with Crippen LogP contribution in [0.15, 0.2) is 85.3 Å². The van der Waals surface area contributed by atoms with E-state index in [1.54, 1.807) is 0 Å². The topological polar surface area (TPSA) is 9.23 Å². The molecule has 1 unspecified atom stereocenters. The Morgan fingerprint density at radius 3 is 2.36 bits per heavy atom. The Morgan fingerprint density at radius 1 is 1.00 bits per heavy atom. The molecule has 25 heavy (non-hydrogen) atoms. The predicted octanol–water partition coefficient (Wildman–Crippen LogP) is 7.23. The molecule has 0 spiro atoms. The maximum atomic E-state index is 5.55. The number of hydrogen-bond acceptors (Lipinski definition) is 1. The minimum atomic E-state index is 0.219. The van der Waals surface area contributed by atoms with E-state index in [1.807, 2.05) is 0 Å². The van der Waals surface area contributed by atoms with E-state index in [1.165, 1.54) is 0 Å². The van der Waals surface area contributed by atoms with Gasteiger partial charge in [-0.1, -0.05) is 87.3 Å². The van der Waals surface area contributed by atoms with Gasteiger partial charge in [0, 0.05) is 6.42 Å². The van der Waals surface area contributed by atoms with Crippen LogP contribution in [0.5, 0.6) is 0 Å². The van der Waals surface area contributed by atoms with Gasteiger partial charge in [-0.15, -0.1) is 0 Å². The Kier molecular flexibility index (Phi) is 12.1. The molecular weight excluding hydrogens is 304 g/mol. The molecule has 1 rings (SSSR count). The minimum Gasteiger partial charge on any atom is -0.491 e. The van der Waals surface area contributed by atoms with E-state index in [0.717, 1.165) is 44.3 Å². The van der Waals surface area contributed by atoms with Crippen LogP contribution >= 0.6 is 0 Å². The molecule has 1 fully saturated rings. The van der Waals surface area contributed by atoms with Crippen LogP contribution in [0.1, 0.15) is 52.4 Å². The van der Waals surface area contributed by atoms with E-state index in [0.29, 0.717) is 5.92 Å². The molecule has 1 heteroatoms. The van der Waals surface area contributed by atoms with Gasteiger partial charge >= 0.3 is 0 Å². The maximum Gasteiger partial charge on any atom is 0.117 e. The first-order chi connectivity index (χ1) is 12.2. The second kappa shape index (κ2) is 14.3. The van der Waals surface area contributed by atoms with Crippen molar-refractivity contribution in [2.75, 3.05) is 0 Å². The lowest BCUT2D eigenvalue weighted by atomic mass is 10.1. The van der Waals surface area contributed by atoms with E-state index < -0.39 is 0 Å². The van der Waals surface area contributed by atoms with Crippen molar-refractivity contribution in [2.45, 2.75) is 58.5 Å². The predicted molar refractivity (Wildman–Crippen MR) is 111 cm³/mol. The molecule has 1 heterocycles. The molecule has 1 saturated heterocycles. The quantitative estimate of drug-likeness (QED) is 0.285. The van der Waals surface area contributed by atoms with E-state index in [4.69, 9.17) is 4.74 Å². The Hall–Kier alpha value is -2.02. The third kappa shape index (κ3) is 12.1. The van der Waals surface area contributed by atoms with E-state index >= 15 is 0 Å². The molecule has 0 aliphatic carbocycles. The molecule has 0 saturated carbocycles.